The topological polar surface area (TPSA) is 50.7 Å². The number of rotatable bonds is 6. The van der Waals surface area contributed by atoms with Gasteiger partial charge in [0, 0.05) is 45.0 Å². The fourth-order valence-corrected chi connectivity index (χ4v) is 2.58. The Bertz CT molecular complexity index is 601. The van der Waals surface area contributed by atoms with Gasteiger partial charge >= 0.3 is 0 Å². The first kappa shape index (κ1) is 15.6. The van der Waals surface area contributed by atoms with Gasteiger partial charge in [0.25, 0.3) is 0 Å². The van der Waals surface area contributed by atoms with Crippen molar-refractivity contribution in [1.29, 1.82) is 0 Å². The highest BCUT2D eigenvalue weighted by atomic mass is 16.5. The molecule has 1 aliphatic rings. The van der Waals surface area contributed by atoms with Gasteiger partial charge in [-0.3, -0.25) is 4.90 Å². The predicted molar refractivity (Wildman–Crippen MR) is 89.2 cm³/mol. The highest BCUT2D eigenvalue weighted by Crippen LogP contribution is 2.14. The number of hydrogen-bond donors (Lipinski definition) is 0. The standard InChI is InChI=1S/C17H22N4O2/c1-22-16-7-8-18-17(19-16)21-11-9-20(10-12-21)13-14-23-15-5-3-2-4-6-15/h2-8H,9-14H2,1H3. The highest BCUT2D eigenvalue weighted by molar-refractivity contribution is 5.32. The zero-order chi connectivity index (χ0) is 15.9. The van der Waals surface area contributed by atoms with E-state index >= 15 is 0 Å². The molecule has 6 nitrogen and oxygen atoms in total. The Balaban J connectivity index is 1.43. The zero-order valence-corrected chi connectivity index (χ0v) is 13.4. The van der Waals surface area contributed by atoms with Crippen LogP contribution in [0.4, 0.5) is 5.95 Å². The van der Waals surface area contributed by atoms with Crippen molar-refractivity contribution in [2.45, 2.75) is 0 Å². The van der Waals surface area contributed by atoms with E-state index in [9.17, 15) is 0 Å². The first-order valence-corrected chi connectivity index (χ1v) is 7.87. The third-order valence-corrected chi connectivity index (χ3v) is 3.90. The van der Waals surface area contributed by atoms with E-state index in [0.29, 0.717) is 12.5 Å². The molecule has 23 heavy (non-hydrogen) atoms. The quantitative estimate of drug-likeness (QED) is 0.809. The second-order valence-corrected chi connectivity index (χ2v) is 5.39. The van der Waals surface area contributed by atoms with Gasteiger partial charge in [-0.05, 0) is 12.1 Å². The molecule has 2 heterocycles. The van der Waals surface area contributed by atoms with Gasteiger partial charge in [-0.15, -0.1) is 0 Å². The van der Waals surface area contributed by atoms with E-state index in [2.05, 4.69) is 19.8 Å². The summed E-state index contributed by atoms with van der Waals surface area (Å²) in [5.74, 6) is 2.27. The van der Waals surface area contributed by atoms with Crippen molar-refractivity contribution < 1.29 is 9.47 Å². The molecule has 1 saturated heterocycles. The molecule has 0 aliphatic carbocycles. The third kappa shape index (κ3) is 4.32. The molecule has 0 spiro atoms. The van der Waals surface area contributed by atoms with Crippen LogP contribution in [0.1, 0.15) is 0 Å². The van der Waals surface area contributed by atoms with Crippen LogP contribution in [-0.4, -0.2) is 61.3 Å². The number of aromatic nitrogens is 2. The normalized spacial score (nSPS) is 15.4. The molecular weight excluding hydrogens is 292 g/mol. The molecule has 0 N–H and O–H groups in total. The van der Waals surface area contributed by atoms with Crippen LogP contribution in [0.2, 0.25) is 0 Å². The van der Waals surface area contributed by atoms with Crippen LogP contribution in [-0.2, 0) is 0 Å². The SMILES string of the molecule is COc1ccnc(N2CCN(CCOc3ccccc3)CC2)n1. The Hall–Kier alpha value is -2.34. The van der Waals surface area contributed by atoms with E-state index in [1.165, 1.54) is 0 Å². The summed E-state index contributed by atoms with van der Waals surface area (Å²) in [5, 5.41) is 0. The average molecular weight is 314 g/mol. The number of benzene rings is 1. The summed E-state index contributed by atoms with van der Waals surface area (Å²) < 4.78 is 10.9. The lowest BCUT2D eigenvalue weighted by Gasteiger charge is -2.34. The summed E-state index contributed by atoms with van der Waals surface area (Å²) in [7, 11) is 1.62. The molecule has 0 radical (unpaired) electrons. The minimum atomic E-state index is 0.605. The number of nitrogens with zero attached hydrogens (tertiary/aromatic N) is 4. The molecule has 0 atom stereocenters. The van der Waals surface area contributed by atoms with Crippen LogP contribution in [0.5, 0.6) is 11.6 Å². The van der Waals surface area contributed by atoms with E-state index in [1.54, 1.807) is 19.4 Å². The van der Waals surface area contributed by atoms with Gasteiger partial charge in [0.05, 0.1) is 7.11 Å². The van der Waals surface area contributed by atoms with Gasteiger partial charge in [-0.25, -0.2) is 4.98 Å². The minimum Gasteiger partial charge on any atom is -0.492 e. The Morgan fingerprint density at radius 1 is 1.04 bits per heavy atom. The molecule has 2 aromatic rings. The van der Waals surface area contributed by atoms with Crippen LogP contribution >= 0.6 is 0 Å². The van der Waals surface area contributed by atoms with Crippen molar-refractivity contribution in [2.75, 3.05) is 51.3 Å². The lowest BCUT2D eigenvalue weighted by atomic mass is 10.3. The zero-order valence-electron chi connectivity index (χ0n) is 13.4. The summed E-state index contributed by atoms with van der Waals surface area (Å²) >= 11 is 0. The summed E-state index contributed by atoms with van der Waals surface area (Å²) in [6.07, 6.45) is 1.74. The maximum Gasteiger partial charge on any atom is 0.228 e. The number of para-hydroxylation sites is 1. The number of methoxy groups -OCH3 is 1. The summed E-state index contributed by atoms with van der Waals surface area (Å²) in [5.41, 5.74) is 0. The second-order valence-electron chi connectivity index (χ2n) is 5.39. The summed E-state index contributed by atoms with van der Waals surface area (Å²) in [6, 6.07) is 11.7. The number of anilines is 1. The Labute approximate surface area is 136 Å². The first-order valence-electron chi connectivity index (χ1n) is 7.87. The predicted octanol–water partition coefficient (Wildman–Crippen LogP) is 1.69. The van der Waals surface area contributed by atoms with Gasteiger partial charge in [-0.1, -0.05) is 18.2 Å². The van der Waals surface area contributed by atoms with E-state index in [4.69, 9.17) is 9.47 Å². The fraction of sp³-hybridized carbons (Fsp3) is 0.412. The van der Waals surface area contributed by atoms with Crippen LogP contribution in [0.25, 0.3) is 0 Å². The molecule has 3 rings (SSSR count). The molecule has 0 saturated carbocycles. The molecule has 6 heteroatoms. The minimum absolute atomic E-state index is 0.605. The van der Waals surface area contributed by atoms with E-state index in [0.717, 1.165) is 44.4 Å². The molecule has 1 fully saturated rings. The molecule has 122 valence electrons. The maximum atomic E-state index is 5.75. The maximum absolute atomic E-state index is 5.75. The van der Waals surface area contributed by atoms with Crippen LogP contribution in [0, 0.1) is 0 Å². The van der Waals surface area contributed by atoms with E-state index in [-0.39, 0.29) is 0 Å². The van der Waals surface area contributed by atoms with Crippen molar-refractivity contribution in [3.63, 3.8) is 0 Å². The summed E-state index contributed by atoms with van der Waals surface area (Å²) in [4.78, 5) is 13.3. The molecule has 0 amide bonds. The van der Waals surface area contributed by atoms with Crippen LogP contribution < -0.4 is 14.4 Å². The lowest BCUT2D eigenvalue weighted by Crippen LogP contribution is -2.48. The molecule has 1 aromatic carbocycles. The number of hydrogen-bond acceptors (Lipinski definition) is 6. The van der Waals surface area contributed by atoms with Crippen molar-refractivity contribution in [3.8, 4) is 11.6 Å². The van der Waals surface area contributed by atoms with Gasteiger partial charge in [0.1, 0.15) is 12.4 Å². The average Bonchev–Trinajstić information content (AvgIpc) is 2.63. The smallest absolute Gasteiger partial charge is 0.228 e. The van der Waals surface area contributed by atoms with Crippen LogP contribution in [0.3, 0.4) is 0 Å². The Morgan fingerprint density at radius 3 is 2.57 bits per heavy atom. The first-order chi connectivity index (χ1) is 11.3. The second kappa shape index (κ2) is 7.78. The molecule has 0 unspecified atom stereocenters. The van der Waals surface area contributed by atoms with Crippen molar-refractivity contribution >= 4 is 5.95 Å². The third-order valence-electron chi connectivity index (χ3n) is 3.90. The Morgan fingerprint density at radius 2 is 1.83 bits per heavy atom. The molecular formula is C17H22N4O2. The van der Waals surface area contributed by atoms with Crippen molar-refractivity contribution in [3.05, 3.63) is 42.6 Å². The molecule has 0 bridgehead atoms. The summed E-state index contributed by atoms with van der Waals surface area (Å²) in [6.45, 7) is 5.44. The fourth-order valence-electron chi connectivity index (χ4n) is 2.58. The lowest BCUT2D eigenvalue weighted by molar-refractivity contribution is 0.200. The van der Waals surface area contributed by atoms with E-state index in [1.807, 2.05) is 30.3 Å². The van der Waals surface area contributed by atoms with Crippen molar-refractivity contribution in [2.24, 2.45) is 0 Å². The van der Waals surface area contributed by atoms with Gasteiger partial charge in [0.2, 0.25) is 11.8 Å². The number of piperazine rings is 1. The monoisotopic (exact) mass is 314 g/mol. The largest absolute Gasteiger partial charge is 0.492 e. The number of ether oxygens (including phenoxy) is 2. The molecule has 1 aromatic heterocycles. The van der Waals surface area contributed by atoms with Crippen LogP contribution in [0.15, 0.2) is 42.6 Å². The van der Waals surface area contributed by atoms with Gasteiger partial charge < -0.3 is 14.4 Å². The molecule has 1 aliphatic heterocycles. The highest BCUT2D eigenvalue weighted by Gasteiger charge is 2.19. The Kier molecular flexibility index (Phi) is 5.26. The van der Waals surface area contributed by atoms with Crippen molar-refractivity contribution in [1.82, 2.24) is 14.9 Å². The van der Waals surface area contributed by atoms with Gasteiger partial charge in [-0.2, -0.15) is 4.98 Å². The van der Waals surface area contributed by atoms with Gasteiger partial charge in [0.15, 0.2) is 0 Å². The van der Waals surface area contributed by atoms with E-state index < -0.39 is 0 Å².